The lowest BCUT2D eigenvalue weighted by Gasteiger charge is -2.14. The third kappa shape index (κ3) is 2.18. The Morgan fingerprint density at radius 1 is 1.40 bits per heavy atom. The van der Waals surface area contributed by atoms with Gasteiger partial charge in [0, 0.05) is 6.61 Å². The van der Waals surface area contributed by atoms with Gasteiger partial charge in [0.2, 0.25) is 0 Å². The Labute approximate surface area is 114 Å². The molecule has 1 aliphatic heterocycles. The van der Waals surface area contributed by atoms with Crippen molar-refractivity contribution < 1.29 is 19.0 Å². The molecule has 1 atom stereocenters. The van der Waals surface area contributed by atoms with Gasteiger partial charge in [0.1, 0.15) is 17.5 Å². The minimum absolute atomic E-state index is 0.126. The second kappa shape index (κ2) is 5.05. The Morgan fingerprint density at radius 2 is 2.15 bits per heavy atom. The van der Waals surface area contributed by atoms with Crippen LogP contribution < -0.4 is 0 Å². The average molecular weight is 276 g/mol. The molecule has 6 heteroatoms. The largest absolute Gasteiger partial charge is 0.478 e. The molecule has 0 bridgehead atoms. The quantitative estimate of drug-likeness (QED) is 0.935. The number of nitrogens with zero attached hydrogens (tertiary/aromatic N) is 2. The summed E-state index contributed by atoms with van der Waals surface area (Å²) in [6.45, 7) is 0.609. The fourth-order valence-corrected chi connectivity index (χ4v) is 2.41. The average Bonchev–Trinajstić information content (AvgIpc) is 3.08. The number of hydrogen-bond donors (Lipinski definition) is 1. The van der Waals surface area contributed by atoms with E-state index >= 15 is 0 Å². The van der Waals surface area contributed by atoms with Crippen LogP contribution in [0.1, 0.15) is 35.0 Å². The Balaban J connectivity index is 2.10. The molecular formula is C14H13FN2O3. The number of aromatic nitrogens is 2. The van der Waals surface area contributed by atoms with E-state index in [-0.39, 0.29) is 17.5 Å². The molecule has 20 heavy (non-hydrogen) atoms. The molecule has 1 aromatic carbocycles. The highest BCUT2D eigenvalue weighted by molar-refractivity contribution is 5.89. The number of benzene rings is 1. The lowest BCUT2D eigenvalue weighted by Crippen LogP contribution is -2.11. The van der Waals surface area contributed by atoms with Gasteiger partial charge in [-0.3, -0.25) is 0 Å². The fourth-order valence-electron chi connectivity index (χ4n) is 2.41. The molecule has 0 saturated carbocycles. The molecule has 0 radical (unpaired) electrons. The predicted octanol–water partition coefficient (Wildman–Crippen LogP) is 2.56. The van der Waals surface area contributed by atoms with Crippen LogP contribution in [-0.2, 0) is 4.74 Å². The first-order valence-corrected chi connectivity index (χ1v) is 6.35. The van der Waals surface area contributed by atoms with Crippen molar-refractivity contribution >= 4 is 5.97 Å². The number of rotatable bonds is 3. The second-order valence-electron chi connectivity index (χ2n) is 4.64. The first-order valence-electron chi connectivity index (χ1n) is 6.35. The van der Waals surface area contributed by atoms with Gasteiger partial charge in [0.15, 0.2) is 0 Å². The van der Waals surface area contributed by atoms with Crippen LogP contribution in [0.5, 0.6) is 0 Å². The van der Waals surface area contributed by atoms with E-state index in [1.165, 1.54) is 23.0 Å². The molecule has 5 nitrogen and oxygen atoms in total. The topological polar surface area (TPSA) is 64.3 Å². The molecule has 1 N–H and O–H groups in total. The van der Waals surface area contributed by atoms with Crippen molar-refractivity contribution in [3.05, 3.63) is 47.5 Å². The van der Waals surface area contributed by atoms with Crippen LogP contribution in [0.25, 0.3) is 5.69 Å². The number of hydrogen-bond acceptors (Lipinski definition) is 3. The summed E-state index contributed by atoms with van der Waals surface area (Å²) in [7, 11) is 0. The minimum atomic E-state index is -1.04. The van der Waals surface area contributed by atoms with Crippen molar-refractivity contribution in [2.24, 2.45) is 0 Å². The van der Waals surface area contributed by atoms with Gasteiger partial charge in [-0.2, -0.15) is 5.10 Å². The van der Waals surface area contributed by atoms with Crippen LogP contribution in [-0.4, -0.2) is 27.5 Å². The van der Waals surface area contributed by atoms with E-state index in [1.54, 1.807) is 12.1 Å². The monoisotopic (exact) mass is 276 g/mol. The molecule has 1 unspecified atom stereocenters. The van der Waals surface area contributed by atoms with Gasteiger partial charge >= 0.3 is 5.97 Å². The normalized spacial score (nSPS) is 18.4. The molecule has 3 rings (SSSR count). The summed E-state index contributed by atoms with van der Waals surface area (Å²) < 4.78 is 20.1. The van der Waals surface area contributed by atoms with Crippen LogP contribution in [0.3, 0.4) is 0 Å². The van der Waals surface area contributed by atoms with Gasteiger partial charge in [-0.15, -0.1) is 0 Å². The smallest absolute Gasteiger partial charge is 0.339 e. The maximum absolute atomic E-state index is 13.0. The van der Waals surface area contributed by atoms with E-state index in [1.807, 2.05) is 0 Å². The zero-order chi connectivity index (χ0) is 14.1. The molecule has 104 valence electrons. The highest BCUT2D eigenvalue weighted by atomic mass is 19.1. The molecule has 0 aliphatic carbocycles. The lowest BCUT2D eigenvalue weighted by molar-refractivity contribution is 0.0679. The first kappa shape index (κ1) is 12.8. The third-order valence-corrected chi connectivity index (χ3v) is 3.34. The fraction of sp³-hybridized carbons (Fsp3) is 0.286. The molecule has 0 spiro atoms. The summed E-state index contributed by atoms with van der Waals surface area (Å²) in [5.74, 6) is -1.39. The summed E-state index contributed by atoms with van der Waals surface area (Å²) in [4.78, 5) is 11.3. The summed E-state index contributed by atoms with van der Waals surface area (Å²) in [5.41, 5.74) is 1.26. The van der Waals surface area contributed by atoms with E-state index in [0.717, 1.165) is 12.8 Å². The van der Waals surface area contributed by atoms with Crippen molar-refractivity contribution in [1.82, 2.24) is 9.78 Å². The van der Waals surface area contributed by atoms with Crippen LogP contribution in [0.4, 0.5) is 4.39 Å². The molecule has 1 aromatic heterocycles. The Kier molecular flexibility index (Phi) is 3.23. The second-order valence-corrected chi connectivity index (χ2v) is 4.64. The molecule has 1 fully saturated rings. The number of carboxylic acid groups (broad SMARTS) is 1. The molecule has 2 aromatic rings. The van der Waals surface area contributed by atoms with E-state index in [0.29, 0.717) is 18.0 Å². The van der Waals surface area contributed by atoms with Gasteiger partial charge in [0.25, 0.3) is 0 Å². The Bertz CT molecular complexity index is 630. The van der Waals surface area contributed by atoms with Crippen LogP contribution >= 0.6 is 0 Å². The molecule has 0 amide bonds. The first-order chi connectivity index (χ1) is 9.66. The standard InChI is InChI=1S/C14H13FN2O3/c15-9-3-5-10(6-4-9)17-13(12-2-1-7-20-12)11(8-16-17)14(18)19/h3-6,8,12H,1-2,7H2,(H,18,19). The van der Waals surface area contributed by atoms with Crippen molar-refractivity contribution in [2.75, 3.05) is 6.61 Å². The van der Waals surface area contributed by atoms with Crippen molar-refractivity contribution in [3.8, 4) is 5.69 Å². The third-order valence-electron chi connectivity index (χ3n) is 3.34. The van der Waals surface area contributed by atoms with Gasteiger partial charge in [-0.05, 0) is 37.1 Å². The summed E-state index contributed by atoms with van der Waals surface area (Å²) in [5, 5.41) is 13.4. The predicted molar refractivity (Wildman–Crippen MR) is 68.4 cm³/mol. The van der Waals surface area contributed by atoms with E-state index in [4.69, 9.17) is 4.74 Å². The molecule has 1 saturated heterocycles. The number of ether oxygens (including phenoxy) is 1. The minimum Gasteiger partial charge on any atom is -0.478 e. The van der Waals surface area contributed by atoms with Gasteiger partial charge in [-0.25, -0.2) is 13.9 Å². The maximum Gasteiger partial charge on any atom is 0.339 e. The van der Waals surface area contributed by atoms with Crippen molar-refractivity contribution in [2.45, 2.75) is 18.9 Å². The Hall–Kier alpha value is -2.21. The van der Waals surface area contributed by atoms with Gasteiger partial charge in [0.05, 0.1) is 17.6 Å². The molecule has 1 aliphatic rings. The number of aromatic carboxylic acids is 1. The highest BCUT2D eigenvalue weighted by Gasteiger charge is 2.28. The maximum atomic E-state index is 13.0. The summed E-state index contributed by atoms with van der Waals surface area (Å²) in [6, 6.07) is 5.76. The lowest BCUT2D eigenvalue weighted by atomic mass is 10.1. The highest BCUT2D eigenvalue weighted by Crippen LogP contribution is 2.32. The van der Waals surface area contributed by atoms with Crippen molar-refractivity contribution in [1.29, 1.82) is 0 Å². The van der Waals surface area contributed by atoms with Crippen LogP contribution in [0.2, 0.25) is 0 Å². The number of carbonyl (C=O) groups is 1. The molecular weight excluding hydrogens is 263 g/mol. The van der Waals surface area contributed by atoms with Crippen LogP contribution in [0, 0.1) is 5.82 Å². The van der Waals surface area contributed by atoms with Crippen LogP contribution in [0.15, 0.2) is 30.5 Å². The van der Waals surface area contributed by atoms with Crippen molar-refractivity contribution in [3.63, 3.8) is 0 Å². The number of halogens is 1. The zero-order valence-electron chi connectivity index (χ0n) is 10.6. The summed E-state index contributed by atoms with van der Waals surface area (Å²) in [6.07, 6.45) is 2.67. The number of carboxylic acids is 1. The Morgan fingerprint density at radius 3 is 2.75 bits per heavy atom. The van der Waals surface area contributed by atoms with Gasteiger partial charge in [-0.1, -0.05) is 0 Å². The zero-order valence-corrected chi connectivity index (χ0v) is 10.6. The SMILES string of the molecule is O=C(O)c1cnn(-c2ccc(F)cc2)c1C1CCCO1. The van der Waals surface area contributed by atoms with E-state index < -0.39 is 5.97 Å². The summed E-state index contributed by atoms with van der Waals surface area (Å²) >= 11 is 0. The van der Waals surface area contributed by atoms with E-state index in [9.17, 15) is 14.3 Å². The van der Waals surface area contributed by atoms with E-state index in [2.05, 4.69) is 5.10 Å². The van der Waals surface area contributed by atoms with Gasteiger partial charge < -0.3 is 9.84 Å². The molecule has 2 heterocycles.